The van der Waals surface area contributed by atoms with Crippen LogP contribution in [0.15, 0.2) is 36.5 Å². The molecule has 5 heteroatoms. The Labute approximate surface area is 123 Å². The average molecular weight is 285 g/mol. The molecular weight excluding hydrogens is 266 g/mol. The summed E-state index contributed by atoms with van der Waals surface area (Å²) in [4.78, 5) is 18.3. The molecule has 0 bridgehead atoms. The van der Waals surface area contributed by atoms with Crippen LogP contribution < -0.4 is 5.73 Å². The summed E-state index contributed by atoms with van der Waals surface area (Å²) in [7, 11) is 0. The first-order chi connectivity index (χ1) is 10.2. The fourth-order valence-corrected chi connectivity index (χ4v) is 2.85. The van der Waals surface area contributed by atoms with Crippen molar-refractivity contribution >= 4 is 16.8 Å². The van der Waals surface area contributed by atoms with E-state index in [1.165, 1.54) is 0 Å². The smallest absolute Gasteiger partial charge is 0.242 e. The maximum absolute atomic E-state index is 12.3. The number of fused-ring (bicyclic) bond motifs is 1. The number of aliphatic hydroxyl groups excluding tert-OH is 1. The number of aliphatic hydroxyl groups is 1. The number of carbonyl (C=O) groups excluding carboxylic acids is 1. The van der Waals surface area contributed by atoms with Gasteiger partial charge < -0.3 is 15.7 Å². The van der Waals surface area contributed by atoms with Gasteiger partial charge in [0.1, 0.15) is 12.1 Å². The van der Waals surface area contributed by atoms with Gasteiger partial charge in [-0.15, -0.1) is 0 Å². The number of carbonyl (C=O) groups is 1. The standard InChI is InChI=1S/C16H19N3O2/c17-14(16(21)19-9-3-4-10-19)15(20)12-7-8-18-13-6-2-1-5-11(12)13/h1-2,5-8,14-15,20H,3-4,9-10,17H2/t14-,15-/m1/s1. The minimum Gasteiger partial charge on any atom is -0.386 e. The van der Waals surface area contributed by atoms with E-state index in [1.54, 1.807) is 17.2 Å². The average Bonchev–Trinajstić information content (AvgIpc) is 3.06. The fourth-order valence-electron chi connectivity index (χ4n) is 2.85. The molecule has 1 saturated heterocycles. The van der Waals surface area contributed by atoms with Crippen molar-refractivity contribution in [1.82, 2.24) is 9.88 Å². The lowest BCUT2D eigenvalue weighted by Gasteiger charge is -2.24. The summed E-state index contributed by atoms with van der Waals surface area (Å²) in [5.41, 5.74) is 7.44. The molecule has 1 aromatic heterocycles. The van der Waals surface area contributed by atoms with E-state index in [0.717, 1.165) is 36.8 Å². The highest BCUT2D eigenvalue weighted by Gasteiger charge is 2.30. The van der Waals surface area contributed by atoms with Crippen LogP contribution in [0.1, 0.15) is 24.5 Å². The number of hydrogen-bond acceptors (Lipinski definition) is 4. The molecule has 3 rings (SSSR count). The lowest BCUT2D eigenvalue weighted by Crippen LogP contribution is -2.45. The maximum atomic E-state index is 12.3. The molecule has 2 heterocycles. The molecule has 0 spiro atoms. The zero-order valence-corrected chi connectivity index (χ0v) is 11.8. The van der Waals surface area contributed by atoms with Crippen LogP contribution in [0.2, 0.25) is 0 Å². The molecule has 0 saturated carbocycles. The van der Waals surface area contributed by atoms with Crippen molar-refractivity contribution in [2.75, 3.05) is 13.1 Å². The molecule has 1 aliphatic rings. The molecule has 21 heavy (non-hydrogen) atoms. The molecular formula is C16H19N3O2. The highest BCUT2D eigenvalue weighted by Crippen LogP contribution is 2.25. The normalized spacial score (nSPS) is 17.9. The second-order valence-corrected chi connectivity index (χ2v) is 5.42. The molecule has 2 atom stereocenters. The van der Waals surface area contributed by atoms with Crippen LogP contribution in [0.25, 0.3) is 10.9 Å². The van der Waals surface area contributed by atoms with Crippen LogP contribution in [0, 0.1) is 0 Å². The molecule has 1 aromatic carbocycles. The molecule has 1 amide bonds. The number of likely N-dealkylation sites (tertiary alicyclic amines) is 1. The minimum absolute atomic E-state index is 0.180. The first-order valence-corrected chi connectivity index (χ1v) is 7.24. The SMILES string of the molecule is N[C@@H](C(=O)N1CCCC1)[C@H](O)c1ccnc2ccccc12. The highest BCUT2D eigenvalue weighted by atomic mass is 16.3. The van der Waals surface area contributed by atoms with E-state index in [1.807, 2.05) is 24.3 Å². The van der Waals surface area contributed by atoms with Gasteiger partial charge in [0, 0.05) is 24.7 Å². The largest absolute Gasteiger partial charge is 0.386 e. The van der Waals surface area contributed by atoms with Gasteiger partial charge in [-0.2, -0.15) is 0 Å². The number of para-hydroxylation sites is 1. The van der Waals surface area contributed by atoms with E-state index < -0.39 is 12.1 Å². The van der Waals surface area contributed by atoms with Gasteiger partial charge >= 0.3 is 0 Å². The Morgan fingerprint density at radius 3 is 2.71 bits per heavy atom. The zero-order chi connectivity index (χ0) is 14.8. The van der Waals surface area contributed by atoms with Gasteiger partial charge in [-0.05, 0) is 30.5 Å². The van der Waals surface area contributed by atoms with Crippen molar-refractivity contribution in [3.05, 3.63) is 42.1 Å². The van der Waals surface area contributed by atoms with E-state index in [-0.39, 0.29) is 5.91 Å². The Kier molecular flexibility index (Phi) is 3.86. The summed E-state index contributed by atoms with van der Waals surface area (Å²) in [6.07, 6.45) is 2.62. The molecule has 1 fully saturated rings. The molecule has 2 aromatic rings. The van der Waals surface area contributed by atoms with Crippen LogP contribution in [0.3, 0.4) is 0 Å². The zero-order valence-electron chi connectivity index (χ0n) is 11.8. The van der Waals surface area contributed by atoms with Crippen molar-refractivity contribution in [3.8, 4) is 0 Å². The second-order valence-electron chi connectivity index (χ2n) is 5.42. The quantitative estimate of drug-likeness (QED) is 0.888. The molecule has 0 radical (unpaired) electrons. The first-order valence-electron chi connectivity index (χ1n) is 7.24. The third-order valence-corrected chi connectivity index (χ3v) is 4.04. The Bertz CT molecular complexity index is 648. The first kappa shape index (κ1) is 14.0. The van der Waals surface area contributed by atoms with Gasteiger partial charge in [-0.3, -0.25) is 9.78 Å². The summed E-state index contributed by atoms with van der Waals surface area (Å²) in [5.74, 6) is -0.180. The van der Waals surface area contributed by atoms with Gasteiger partial charge in [0.15, 0.2) is 0 Å². The van der Waals surface area contributed by atoms with Crippen molar-refractivity contribution in [2.45, 2.75) is 25.0 Å². The number of hydrogen-bond donors (Lipinski definition) is 2. The molecule has 1 aliphatic heterocycles. The molecule has 3 N–H and O–H groups in total. The minimum atomic E-state index is -1.02. The molecule has 0 aliphatic carbocycles. The number of nitrogens with zero attached hydrogens (tertiary/aromatic N) is 2. The van der Waals surface area contributed by atoms with Gasteiger partial charge in [-0.1, -0.05) is 18.2 Å². The van der Waals surface area contributed by atoms with Crippen LogP contribution in [0.4, 0.5) is 0 Å². The predicted molar refractivity (Wildman–Crippen MR) is 80.5 cm³/mol. The van der Waals surface area contributed by atoms with Crippen molar-refractivity contribution < 1.29 is 9.90 Å². The molecule has 0 unspecified atom stereocenters. The summed E-state index contributed by atoms with van der Waals surface area (Å²) < 4.78 is 0. The van der Waals surface area contributed by atoms with Gasteiger partial charge in [-0.25, -0.2) is 0 Å². The van der Waals surface area contributed by atoms with Crippen molar-refractivity contribution in [1.29, 1.82) is 0 Å². The summed E-state index contributed by atoms with van der Waals surface area (Å²) >= 11 is 0. The number of rotatable bonds is 3. The maximum Gasteiger partial charge on any atom is 0.242 e. The van der Waals surface area contributed by atoms with E-state index in [4.69, 9.17) is 5.73 Å². The Balaban J connectivity index is 1.89. The third-order valence-electron chi connectivity index (χ3n) is 4.04. The molecule has 5 nitrogen and oxygen atoms in total. The Morgan fingerprint density at radius 1 is 1.24 bits per heavy atom. The van der Waals surface area contributed by atoms with Crippen LogP contribution in [-0.2, 0) is 4.79 Å². The monoisotopic (exact) mass is 285 g/mol. The van der Waals surface area contributed by atoms with E-state index in [0.29, 0.717) is 5.56 Å². The Hall–Kier alpha value is -1.98. The van der Waals surface area contributed by atoms with E-state index >= 15 is 0 Å². The van der Waals surface area contributed by atoms with Crippen LogP contribution in [-0.4, -0.2) is 40.0 Å². The number of nitrogens with two attached hydrogens (primary N) is 1. The number of aromatic nitrogens is 1. The van der Waals surface area contributed by atoms with Crippen molar-refractivity contribution in [2.24, 2.45) is 5.73 Å². The van der Waals surface area contributed by atoms with E-state index in [9.17, 15) is 9.90 Å². The van der Waals surface area contributed by atoms with E-state index in [2.05, 4.69) is 4.98 Å². The van der Waals surface area contributed by atoms with Crippen molar-refractivity contribution in [3.63, 3.8) is 0 Å². The van der Waals surface area contributed by atoms with Gasteiger partial charge in [0.25, 0.3) is 0 Å². The highest BCUT2D eigenvalue weighted by molar-refractivity contribution is 5.86. The van der Waals surface area contributed by atoms with Crippen LogP contribution >= 0.6 is 0 Å². The third kappa shape index (κ3) is 2.62. The summed E-state index contributed by atoms with van der Waals surface area (Å²) in [6, 6.07) is 8.32. The topological polar surface area (TPSA) is 79.5 Å². The number of pyridine rings is 1. The number of amides is 1. The fraction of sp³-hybridized carbons (Fsp3) is 0.375. The van der Waals surface area contributed by atoms with Crippen LogP contribution in [0.5, 0.6) is 0 Å². The van der Waals surface area contributed by atoms with Gasteiger partial charge in [0.2, 0.25) is 5.91 Å². The molecule has 110 valence electrons. The number of benzene rings is 1. The second kappa shape index (κ2) is 5.79. The lowest BCUT2D eigenvalue weighted by molar-refractivity contribution is -0.134. The summed E-state index contributed by atoms with van der Waals surface area (Å²) in [5, 5.41) is 11.3. The predicted octanol–water partition coefficient (Wildman–Crippen LogP) is 1.22. The summed E-state index contributed by atoms with van der Waals surface area (Å²) in [6.45, 7) is 1.46. The Morgan fingerprint density at radius 2 is 1.95 bits per heavy atom. The lowest BCUT2D eigenvalue weighted by atomic mass is 9.98. The van der Waals surface area contributed by atoms with Gasteiger partial charge in [0.05, 0.1) is 5.52 Å².